The van der Waals surface area contributed by atoms with Crippen LogP contribution in [0.3, 0.4) is 0 Å². The van der Waals surface area contributed by atoms with E-state index in [0.29, 0.717) is 11.8 Å². The number of aliphatic hydroxyl groups is 1. The average molecular weight is 410 g/mol. The molecule has 0 unspecified atom stereocenters. The second-order valence-electron chi connectivity index (χ2n) is 9.23. The molecule has 2 saturated heterocycles. The fourth-order valence-corrected chi connectivity index (χ4v) is 5.52. The summed E-state index contributed by atoms with van der Waals surface area (Å²) in [6.45, 7) is 5.75. The van der Waals surface area contributed by atoms with Gasteiger partial charge in [0.1, 0.15) is 5.76 Å². The van der Waals surface area contributed by atoms with Crippen molar-refractivity contribution in [3.8, 4) is 11.3 Å². The maximum Gasteiger partial charge on any atom is 0.253 e. The molecule has 1 aromatic carbocycles. The predicted molar refractivity (Wildman–Crippen MR) is 115 cm³/mol. The van der Waals surface area contributed by atoms with Gasteiger partial charge in [-0.05, 0) is 56.0 Å². The zero-order valence-corrected chi connectivity index (χ0v) is 17.6. The highest BCUT2D eigenvalue weighted by Crippen LogP contribution is 2.39. The number of hydrogen-bond donors (Lipinski definition) is 1. The van der Waals surface area contributed by atoms with Crippen molar-refractivity contribution in [1.29, 1.82) is 0 Å². The highest BCUT2D eigenvalue weighted by Gasteiger charge is 2.44. The summed E-state index contributed by atoms with van der Waals surface area (Å²) in [5.41, 5.74) is 1.70. The minimum atomic E-state index is -0.280. The van der Waals surface area contributed by atoms with Crippen molar-refractivity contribution >= 4 is 5.91 Å². The maximum absolute atomic E-state index is 13.1. The Balaban J connectivity index is 1.23. The number of carbonyl (C=O) groups is 1. The first-order valence-electron chi connectivity index (χ1n) is 11.1. The van der Waals surface area contributed by atoms with E-state index in [1.54, 1.807) is 6.26 Å². The molecule has 2 aromatic rings. The second kappa shape index (κ2) is 8.17. The normalized spacial score (nSPS) is 30.4. The van der Waals surface area contributed by atoms with Crippen molar-refractivity contribution in [2.45, 2.75) is 25.0 Å². The molecule has 160 valence electrons. The Kier molecular flexibility index (Phi) is 5.39. The molecular formula is C24H31N3O3. The van der Waals surface area contributed by atoms with Crippen LogP contribution in [-0.4, -0.2) is 84.2 Å². The molecule has 6 nitrogen and oxygen atoms in total. The van der Waals surface area contributed by atoms with E-state index in [4.69, 9.17) is 4.42 Å². The number of fused-ring (bicyclic) bond motifs is 1. The molecule has 3 aliphatic rings. The largest absolute Gasteiger partial charge is 0.464 e. The summed E-state index contributed by atoms with van der Waals surface area (Å²) in [6.07, 6.45) is 3.18. The van der Waals surface area contributed by atoms with Crippen LogP contribution in [0.2, 0.25) is 0 Å². The van der Waals surface area contributed by atoms with E-state index in [2.05, 4.69) is 16.8 Å². The Labute approximate surface area is 178 Å². The first-order valence-corrected chi connectivity index (χ1v) is 11.1. The Hall–Kier alpha value is -2.15. The SMILES string of the molecule is CN1CCN([C@@H]2C[C@@H]3CN(C(=O)c4ccc(-c5ccco5)cc4)C[C@@H]3C[C@H]2O)CC1. The zero-order valence-electron chi connectivity index (χ0n) is 17.6. The van der Waals surface area contributed by atoms with Crippen molar-refractivity contribution in [3.05, 3.63) is 48.2 Å². The number of likely N-dealkylation sites (N-methyl/N-ethyl adjacent to an activating group) is 1. The van der Waals surface area contributed by atoms with Gasteiger partial charge in [-0.15, -0.1) is 0 Å². The lowest BCUT2D eigenvalue weighted by Crippen LogP contribution is -2.55. The van der Waals surface area contributed by atoms with Gasteiger partial charge in [0.15, 0.2) is 0 Å². The van der Waals surface area contributed by atoms with E-state index in [-0.39, 0.29) is 18.1 Å². The Morgan fingerprint density at radius 3 is 2.37 bits per heavy atom. The minimum Gasteiger partial charge on any atom is -0.464 e. The number of amides is 1. The van der Waals surface area contributed by atoms with Crippen molar-refractivity contribution in [2.24, 2.45) is 11.8 Å². The monoisotopic (exact) mass is 409 g/mol. The fraction of sp³-hybridized carbons (Fsp3) is 0.542. The molecule has 3 fully saturated rings. The van der Waals surface area contributed by atoms with Gasteiger partial charge in [0.25, 0.3) is 5.91 Å². The predicted octanol–water partition coefficient (Wildman–Crippen LogP) is 2.41. The van der Waals surface area contributed by atoms with Crippen LogP contribution in [0, 0.1) is 11.8 Å². The molecule has 6 heteroatoms. The van der Waals surface area contributed by atoms with E-state index in [9.17, 15) is 9.90 Å². The molecule has 4 atom stereocenters. The highest BCUT2D eigenvalue weighted by atomic mass is 16.3. The maximum atomic E-state index is 13.1. The van der Waals surface area contributed by atoms with Gasteiger partial charge in [0.05, 0.1) is 12.4 Å². The summed E-state index contributed by atoms with van der Waals surface area (Å²) in [5.74, 6) is 1.81. The molecule has 1 amide bonds. The molecule has 5 rings (SSSR count). The van der Waals surface area contributed by atoms with Crippen molar-refractivity contribution in [3.63, 3.8) is 0 Å². The quantitative estimate of drug-likeness (QED) is 0.844. The van der Waals surface area contributed by atoms with Gasteiger partial charge >= 0.3 is 0 Å². The average Bonchev–Trinajstić information content (AvgIpc) is 3.43. The number of rotatable bonds is 3. The van der Waals surface area contributed by atoms with Gasteiger partial charge in [0, 0.05) is 56.4 Å². The molecule has 2 aliphatic heterocycles. The number of aliphatic hydroxyl groups excluding tert-OH is 1. The summed E-state index contributed by atoms with van der Waals surface area (Å²) in [7, 11) is 2.16. The summed E-state index contributed by atoms with van der Waals surface area (Å²) in [5, 5.41) is 10.8. The van der Waals surface area contributed by atoms with Crippen LogP contribution in [-0.2, 0) is 0 Å². The van der Waals surface area contributed by atoms with Crippen LogP contribution >= 0.6 is 0 Å². The molecular weight excluding hydrogens is 378 g/mol. The molecule has 1 aromatic heterocycles. The Morgan fingerprint density at radius 1 is 1.00 bits per heavy atom. The standard InChI is InChI=1S/C24H31N3O3/c1-25-8-10-26(11-9-25)21-13-19-15-27(16-20(19)14-22(21)28)24(29)18-6-4-17(5-7-18)23-3-2-12-30-23/h2-7,12,19-22,28H,8-11,13-16H2,1H3/t19-,20+,21-,22-/m1/s1. The van der Waals surface area contributed by atoms with Crippen molar-refractivity contribution < 1.29 is 14.3 Å². The van der Waals surface area contributed by atoms with Gasteiger partial charge in [-0.1, -0.05) is 12.1 Å². The van der Waals surface area contributed by atoms with Crippen molar-refractivity contribution in [1.82, 2.24) is 14.7 Å². The number of carbonyl (C=O) groups excluding carboxylic acids is 1. The van der Waals surface area contributed by atoms with Crippen LogP contribution in [0.25, 0.3) is 11.3 Å². The molecule has 1 N–H and O–H groups in total. The Bertz CT molecular complexity index is 858. The van der Waals surface area contributed by atoms with Gasteiger partial charge in [-0.2, -0.15) is 0 Å². The fourth-order valence-electron chi connectivity index (χ4n) is 5.52. The van der Waals surface area contributed by atoms with Gasteiger partial charge in [-0.3, -0.25) is 9.69 Å². The topological polar surface area (TPSA) is 60.2 Å². The molecule has 0 spiro atoms. The van der Waals surface area contributed by atoms with Crippen LogP contribution < -0.4 is 0 Å². The smallest absolute Gasteiger partial charge is 0.253 e. The molecule has 3 heterocycles. The minimum absolute atomic E-state index is 0.0982. The molecule has 1 saturated carbocycles. The highest BCUT2D eigenvalue weighted by molar-refractivity contribution is 5.94. The lowest BCUT2D eigenvalue weighted by molar-refractivity contribution is -0.0249. The van der Waals surface area contributed by atoms with E-state index in [1.807, 2.05) is 41.3 Å². The van der Waals surface area contributed by atoms with Crippen LogP contribution in [0.4, 0.5) is 0 Å². The third-order valence-corrected chi connectivity index (χ3v) is 7.34. The molecule has 0 radical (unpaired) electrons. The lowest BCUT2D eigenvalue weighted by Gasteiger charge is -2.44. The number of furan rings is 1. The first-order chi connectivity index (χ1) is 14.6. The molecule has 30 heavy (non-hydrogen) atoms. The second-order valence-corrected chi connectivity index (χ2v) is 9.23. The van der Waals surface area contributed by atoms with E-state index in [0.717, 1.165) is 69.0 Å². The van der Waals surface area contributed by atoms with E-state index < -0.39 is 0 Å². The van der Waals surface area contributed by atoms with Crippen LogP contribution in [0.1, 0.15) is 23.2 Å². The van der Waals surface area contributed by atoms with Gasteiger partial charge < -0.3 is 19.3 Å². The summed E-state index contributed by atoms with van der Waals surface area (Å²) < 4.78 is 5.43. The zero-order chi connectivity index (χ0) is 20.7. The first kappa shape index (κ1) is 19.8. The van der Waals surface area contributed by atoms with Crippen molar-refractivity contribution in [2.75, 3.05) is 46.3 Å². The summed E-state index contributed by atoms with van der Waals surface area (Å²) >= 11 is 0. The van der Waals surface area contributed by atoms with E-state index >= 15 is 0 Å². The summed E-state index contributed by atoms with van der Waals surface area (Å²) in [4.78, 5) is 19.9. The van der Waals surface area contributed by atoms with E-state index in [1.165, 1.54) is 0 Å². The molecule has 0 bridgehead atoms. The van der Waals surface area contributed by atoms with Gasteiger partial charge in [-0.25, -0.2) is 0 Å². The molecule has 1 aliphatic carbocycles. The lowest BCUT2D eigenvalue weighted by atomic mass is 9.77. The summed E-state index contributed by atoms with van der Waals surface area (Å²) in [6, 6.07) is 11.7. The third kappa shape index (κ3) is 3.80. The third-order valence-electron chi connectivity index (χ3n) is 7.34. The number of likely N-dealkylation sites (tertiary alicyclic amines) is 1. The van der Waals surface area contributed by atoms with Gasteiger partial charge in [0.2, 0.25) is 0 Å². The number of hydrogen-bond acceptors (Lipinski definition) is 5. The number of nitrogens with zero attached hydrogens (tertiary/aromatic N) is 3. The van der Waals surface area contributed by atoms with Crippen LogP contribution in [0.5, 0.6) is 0 Å². The van der Waals surface area contributed by atoms with Crippen LogP contribution in [0.15, 0.2) is 47.1 Å². The Morgan fingerprint density at radius 2 is 1.70 bits per heavy atom. The number of benzene rings is 1. The number of piperazine rings is 1.